The van der Waals surface area contributed by atoms with Crippen LogP contribution in [0.25, 0.3) is 11.3 Å². The molecule has 0 unspecified atom stereocenters. The molecule has 0 fully saturated rings. The highest BCUT2D eigenvalue weighted by Gasteiger charge is 2.38. The molecule has 0 atom stereocenters. The molecule has 0 aliphatic rings. The third kappa shape index (κ3) is 7.07. The number of ketones is 1. The van der Waals surface area contributed by atoms with Crippen LogP contribution < -0.4 is 9.47 Å². The zero-order chi connectivity index (χ0) is 25.8. The van der Waals surface area contributed by atoms with E-state index in [4.69, 9.17) is 21.1 Å². The molecule has 0 aromatic carbocycles. The molecule has 0 N–H and O–H groups in total. The lowest BCUT2D eigenvalue weighted by atomic mass is 10.0. The number of hydrogen-bond donors (Lipinski definition) is 0. The SMILES string of the molecule is COc1cc(CCC(=O)Cc2cc(Cl)nc(OCC(F)F)c2)nnc1-c1cn(C)nc1C(F)(F)F. The molecular formula is C21H19ClF5N5O3. The Hall–Kier alpha value is -3.35. The van der Waals surface area contributed by atoms with E-state index < -0.39 is 24.9 Å². The van der Waals surface area contributed by atoms with E-state index in [1.807, 2.05) is 0 Å². The summed E-state index contributed by atoms with van der Waals surface area (Å²) in [6.45, 7) is -0.860. The van der Waals surface area contributed by atoms with Crippen molar-refractivity contribution in [1.29, 1.82) is 0 Å². The Bertz CT molecular complexity index is 1200. The van der Waals surface area contributed by atoms with Crippen LogP contribution in [0.5, 0.6) is 11.6 Å². The molecule has 0 amide bonds. The number of methoxy groups -OCH3 is 1. The largest absolute Gasteiger partial charge is 0.494 e. The van der Waals surface area contributed by atoms with Crippen LogP contribution in [-0.4, -0.2) is 50.9 Å². The number of carbonyl (C=O) groups is 1. The van der Waals surface area contributed by atoms with Crippen molar-refractivity contribution in [3.63, 3.8) is 0 Å². The Balaban J connectivity index is 1.70. The van der Waals surface area contributed by atoms with Crippen molar-refractivity contribution < 1.29 is 36.2 Å². The van der Waals surface area contributed by atoms with Gasteiger partial charge in [0.2, 0.25) is 5.88 Å². The van der Waals surface area contributed by atoms with Crippen LogP contribution in [0.4, 0.5) is 22.0 Å². The predicted molar refractivity (Wildman–Crippen MR) is 114 cm³/mol. The topological polar surface area (TPSA) is 92.0 Å². The van der Waals surface area contributed by atoms with Crippen LogP contribution in [0.1, 0.15) is 23.4 Å². The fourth-order valence-corrected chi connectivity index (χ4v) is 3.40. The molecule has 188 valence electrons. The fourth-order valence-electron chi connectivity index (χ4n) is 3.18. The number of pyridine rings is 1. The normalized spacial score (nSPS) is 11.7. The van der Waals surface area contributed by atoms with Crippen molar-refractivity contribution in [1.82, 2.24) is 25.0 Å². The number of hydrogen-bond acceptors (Lipinski definition) is 7. The molecule has 3 rings (SSSR count). The summed E-state index contributed by atoms with van der Waals surface area (Å²) in [5, 5.41) is 11.3. The highest BCUT2D eigenvalue weighted by atomic mass is 35.5. The summed E-state index contributed by atoms with van der Waals surface area (Å²) < 4.78 is 75.7. The molecule has 35 heavy (non-hydrogen) atoms. The number of rotatable bonds is 10. The summed E-state index contributed by atoms with van der Waals surface area (Å²) in [6.07, 6.45) is -6.14. The number of aryl methyl sites for hydroxylation is 2. The van der Waals surface area contributed by atoms with Gasteiger partial charge in [-0.3, -0.25) is 9.48 Å². The van der Waals surface area contributed by atoms with E-state index in [1.165, 1.54) is 32.4 Å². The molecule has 0 bridgehead atoms. The van der Waals surface area contributed by atoms with Crippen LogP contribution in [0, 0.1) is 0 Å². The first-order chi connectivity index (χ1) is 16.5. The highest BCUT2D eigenvalue weighted by molar-refractivity contribution is 6.29. The van der Waals surface area contributed by atoms with Crippen molar-refractivity contribution in [2.45, 2.75) is 31.9 Å². The molecule has 0 aliphatic carbocycles. The maximum Gasteiger partial charge on any atom is 0.435 e. The van der Waals surface area contributed by atoms with Gasteiger partial charge in [-0.2, -0.15) is 23.4 Å². The molecule has 3 aromatic heterocycles. The minimum Gasteiger partial charge on any atom is -0.494 e. The maximum atomic E-state index is 13.3. The quantitative estimate of drug-likeness (QED) is 0.290. The molecule has 3 aromatic rings. The third-order valence-electron chi connectivity index (χ3n) is 4.63. The van der Waals surface area contributed by atoms with Gasteiger partial charge in [-0.05, 0) is 18.1 Å². The Labute approximate surface area is 201 Å². The van der Waals surface area contributed by atoms with E-state index in [0.717, 1.165) is 10.9 Å². The van der Waals surface area contributed by atoms with E-state index in [1.54, 1.807) is 0 Å². The molecule has 0 saturated carbocycles. The van der Waals surface area contributed by atoms with Crippen LogP contribution in [0.3, 0.4) is 0 Å². The van der Waals surface area contributed by atoms with Crippen molar-refractivity contribution in [2.24, 2.45) is 7.05 Å². The van der Waals surface area contributed by atoms with Gasteiger partial charge < -0.3 is 9.47 Å². The van der Waals surface area contributed by atoms with Gasteiger partial charge in [-0.1, -0.05) is 11.6 Å². The molecule has 0 saturated heterocycles. The van der Waals surface area contributed by atoms with E-state index in [2.05, 4.69) is 20.3 Å². The van der Waals surface area contributed by atoms with Crippen LogP contribution in [0.2, 0.25) is 5.15 Å². The minimum absolute atomic E-state index is 0.0145. The first-order valence-corrected chi connectivity index (χ1v) is 10.4. The Morgan fingerprint density at radius 3 is 2.60 bits per heavy atom. The van der Waals surface area contributed by atoms with Gasteiger partial charge in [-0.25, -0.2) is 13.8 Å². The Morgan fingerprint density at radius 1 is 1.20 bits per heavy atom. The number of nitrogens with zero attached hydrogens (tertiary/aromatic N) is 5. The van der Waals surface area contributed by atoms with Crippen LogP contribution >= 0.6 is 11.6 Å². The lowest BCUT2D eigenvalue weighted by Gasteiger charge is -2.10. The molecule has 0 radical (unpaired) electrons. The highest BCUT2D eigenvalue weighted by Crippen LogP contribution is 2.38. The number of aromatic nitrogens is 5. The molecular weight excluding hydrogens is 501 g/mol. The molecule has 3 heterocycles. The van der Waals surface area contributed by atoms with Crippen LogP contribution in [0.15, 0.2) is 24.4 Å². The molecule has 0 aliphatic heterocycles. The summed E-state index contributed by atoms with van der Waals surface area (Å²) in [5.41, 5.74) is -0.791. The lowest BCUT2D eigenvalue weighted by molar-refractivity contribution is -0.141. The van der Waals surface area contributed by atoms with Gasteiger partial charge in [0, 0.05) is 38.2 Å². The van der Waals surface area contributed by atoms with Gasteiger partial charge in [0.05, 0.1) is 18.4 Å². The summed E-state index contributed by atoms with van der Waals surface area (Å²) in [4.78, 5) is 16.2. The lowest BCUT2D eigenvalue weighted by Crippen LogP contribution is -2.10. The number of carbonyl (C=O) groups excluding carboxylic acids is 1. The standard InChI is InChI=1S/C21H19ClF5N5O3/c1-32-9-14(20(31-32)21(25,26)27)19-15(34-2)8-12(29-30-19)3-4-13(33)5-11-6-16(22)28-18(7-11)35-10-17(23)24/h6-9,17H,3-5,10H2,1-2H3. The van der Waals surface area contributed by atoms with E-state index >= 15 is 0 Å². The number of ether oxygens (including phenoxy) is 2. The average Bonchev–Trinajstić information content (AvgIpc) is 3.17. The molecule has 0 spiro atoms. The van der Waals surface area contributed by atoms with Gasteiger partial charge in [0.15, 0.2) is 12.3 Å². The van der Waals surface area contributed by atoms with Gasteiger partial charge in [-0.15, -0.1) is 5.10 Å². The van der Waals surface area contributed by atoms with Crippen LogP contribution in [-0.2, 0) is 30.9 Å². The number of Topliss-reactive ketones (excluding diaryl/α,β-unsaturated/α-hetero) is 1. The summed E-state index contributed by atoms with van der Waals surface area (Å²) in [5.74, 6) is -0.313. The van der Waals surface area contributed by atoms with E-state index in [-0.39, 0.29) is 53.1 Å². The first kappa shape index (κ1) is 26.3. The van der Waals surface area contributed by atoms with E-state index in [0.29, 0.717) is 11.3 Å². The smallest absolute Gasteiger partial charge is 0.435 e. The Morgan fingerprint density at radius 2 is 1.94 bits per heavy atom. The molecule has 8 nitrogen and oxygen atoms in total. The second-order valence-corrected chi connectivity index (χ2v) is 7.76. The monoisotopic (exact) mass is 519 g/mol. The number of alkyl halides is 5. The summed E-state index contributed by atoms with van der Waals surface area (Å²) in [6, 6.07) is 4.16. The average molecular weight is 520 g/mol. The maximum absolute atomic E-state index is 13.3. The van der Waals surface area contributed by atoms with Gasteiger partial charge in [0.1, 0.15) is 22.4 Å². The van der Waals surface area contributed by atoms with Crippen molar-refractivity contribution in [3.05, 3.63) is 46.5 Å². The zero-order valence-corrected chi connectivity index (χ0v) is 19.2. The third-order valence-corrected chi connectivity index (χ3v) is 4.82. The predicted octanol–water partition coefficient (Wildman–Crippen LogP) is 4.34. The minimum atomic E-state index is -4.70. The van der Waals surface area contributed by atoms with Gasteiger partial charge >= 0.3 is 6.18 Å². The van der Waals surface area contributed by atoms with Crippen molar-refractivity contribution in [2.75, 3.05) is 13.7 Å². The van der Waals surface area contributed by atoms with Crippen molar-refractivity contribution >= 4 is 17.4 Å². The summed E-state index contributed by atoms with van der Waals surface area (Å²) >= 11 is 5.86. The number of halogens is 6. The van der Waals surface area contributed by atoms with Gasteiger partial charge in [0.25, 0.3) is 6.43 Å². The molecule has 14 heteroatoms. The Kier molecular flexibility index (Phi) is 8.20. The second kappa shape index (κ2) is 10.9. The summed E-state index contributed by atoms with van der Waals surface area (Å²) in [7, 11) is 2.63. The second-order valence-electron chi connectivity index (χ2n) is 7.37. The first-order valence-electron chi connectivity index (χ1n) is 10.1. The zero-order valence-electron chi connectivity index (χ0n) is 18.4. The van der Waals surface area contributed by atoms with E-state index in [9.17, 15) is 26.7 Å². The fraction of sp³-hybridized carbons (Fsp3) is 0.381. The van der Waals surface area contributed by atoms with Crippen molar-refractivity contribution in [3.8, 4) is 22.9 Å².